The van der Waals surface area contributed by atoms with Gasteiger partial charge in [-0.25, -0.2) is 4.98 Å². The minimum absolute atomic E-state index is 0.637. The highest BCUT2D eigenvalue weighted by Gasteiger charge is 2.03. The molecule has 112 valence electrons. The lowest BCUT2D eigenvalue weighted by Crippen LogP contribution is -2.18. The van der Waals surface area contributed by atoms with Gasteiger partial charge in [-0.1, -0.05) is 55.8 Å². The molecule has 0 aliphatic rings. The minimum Gasteiger partial charge on any atom is -0.333 e. The summed E-state index contributed by atoms with van der Waals surface area (Å²) in [6.07, 6.45) is 6.09. The highest BCUT2D eigenvalue weighted by Crippen LogP contribution is 2.07. The van der Waals surface area contributed by atoms with E-state index in [-0.39, 0.29) is 0 Å². The van der Waals surface area contributed by atoms with Crippen LogP contribution in [0.25, 0.3) is 6.08 Å². The van der Waals surface area contributed by atoms with Crippen LogP contribution >= 0.6 is 0 Å². The fourth-order valence-electron chi connectivity index (χ4n) is 2.33. The normalized spacial score (nSPS) is 12.1. The summed E-state index contributed by atoms with van der Waals surface area (Å²) < 4.78 is 2.23. The first-order chi connectivity index (χ1) is 10.1. The molecule has 0 aliphatic heterocycles. The monoisotopic (exact) mass is 283 g/mol. The summed E-state index contributed by atoms with van der Waals surface area (Å²) in [5.41, 5.74) is 3.83. The minimum atomic E-state index is 0.637. The summed E-state index contributed by atoms with van der Waals surface area (Å²) in [5.74, 6) is 0.637. The van der Waals surface area contributed by atoms with E-state index >= 15 is 0 Å². The first-order valence-electron chi connectivity index (χ1n) is 7.57. The Balaban J connectivity index is 1.84. The zero-order valence-corrected chi connectivity index (χ0v) is 13.2. The maximum Gasteiger partial charge on any atom is 0.0948 e. The van der Waals surface area contributed by atoms with Gasteiger partial charge in [0.05, 0.1) is 12.0 Å². The number of hydrogen-bond acceptors (Lipinski definition) is 2. The number of nitrogens with zero attached hydrogens (tertiary/aromatic N) is 2. The van der Waals surface area contributed by atoms with Gasteiger partial charge in [0, 0.05) is 25.8 Å². The van der Waals surface area contributed by atoms with Crippen LogP contribution in [0.1, 0.15) is 32.0 Å². The van der Waals surface area contributed by atoms with Crippen LogP contribution in [0.2, 0.25) is 0 Å². The predicted molar refractivity (Wildman–Crippen MR) is 88.9 cm³/mol. The van der Waals surface area contributed by atoms with E-state index in [0.717, 1.165) is 19.6 Å². The molecule has 1 N–H and O–H groups in total. The van der Waals surface area contributed by atoms with Gasteiger partial charge in [-0.3, -0.25) is 0 Å². The molecule has 1 heterocycles. The highest BCUT2D eigenvalue weighted by atomic mass is 15.1. The third-order valence-electron chi connectivity index (χ3n) is 3.28. The third kappa shape index (κ3) is 5.20. The smallest absolute Gasteiger partial charge is 0.0948 e. The Kier molecular flexibility index (Phi) is 5.76. The topological polar surface area (TPSA) is 29.9 Å². The first-order valence-corrected chi connectivity index (χ1v) is 7.57. The summed E-state index contributed by atoms with van der Waals surface area (Å²) in [6, 6.07) is 10.4. The van der Waals surface area contributed by atoms with E-state index in [4.69, 9.17) is 0 Å². The number of imidazole rings is 1. The molecule has 0 radical (unpaired) electrons. The fraction of sp³-hybridized carbons (Fsp3) is 0.389. The molecule has 0 bridgehead atoms. The summed E-state index contributed by atoms with van der Waals surface area (Å²) >= 11 is 0. The van der Waals surface area contributed by atoms with Crippen molar-refractivity contribution in [2.45, 2.75) is 33.9 Å². The lowest BCUT2D eigenvalue weighted by atomic mass is 10.1. The van der Waals surface area contributed by atoms with Crippen LogP contribution in [0.3, 0.4) is 0 Å². The molecule has 0 atom stereocenters. The van der Waals surface area contributed by atoms with Crippen LogP contribution in [-0.4, -0.2) is 16.1 Å². The van der Waals surface area contributed by atoms with E-state index in [1.54, 1.807) is 0 Å². The second-order valence-corrected chi connectivity index (χ2v) is 5.94. The molecule has 3 nitrogen and oxygen atoms in total. The van der Waals surface area contributed by atoms with E-state index in [1.165, 1.54) is 16.8 Å². The van der Waals surface area contributed by atoms with Crippen LogP contribution in [0, 0.1) is 5.92 Å². The van der Waals surface area contributed by atoms with Crippen LogP contribution in [0.4, 0.5) is 0 Å². The van der Waals surface area contributed by atoms with E-state index < -0.39 is 0 Å². The SMILES string of the molecule is CC(=Cc1ccccc1)CNCc1cncn1CC(C)C. The van der Waals surface area contributed by atoms with Crippen molar-refractivity contribution in [2.24, 2.45) is 5.92 Å². The maximum absolute atomic E-state index is 4.25. The molecular formula is C18H25N3. The first kappa shape index (κ1) is 15.5. The number of rotatable bonds is 7. The number of benzene rings is 1. The Morgan fingerprint density at radius 3 is 2.76 bits per heavy atom. The van der Waals surface area contributed by atoms with Crippen molar-refractivity contribution in [3.63, 3.8) is 0 Å². The van der Waals surface area contributed by atoms with Crippen molar-refractivity contribution in [2.75, 3.05) is 6.54 Å². The fourth-order valence-corrected chi connectivity index (χ4v) is 2.33. The van der Waals surface area contributed by atoms with Gasteiger partial charge < -0.3 is 9.88 Å². The second-order valence-electron chi connectivity index (χ2n) is 5.94. The van der Waals surface area contributed by atoms with Crippen molar-refractivity contribution in [1.82, 2.24) is 14.9 Å². The van der Waals surface area contributed by atoms with Crippen molar-refractivity contribution in [3.05, 3.63) is 59.7 Å². The predicted octanol–water partition coefficient (Wildman–Crippen LogP) is 3.73. The molecule has 0 saturated heterocycles. The standard InChI is InChI=1S/C18H25N3/c1-15(2)13-21-14-20-12-18(21)11-19-10-16(3)9-17-7-5-4-6-8-17/h4-9,12,14-15,19H,10-11,13H2,1-3H3. The largest absolute Gasteiger partial charge is 0.333 e. The van der Waals surface area contributed by atoms with Gasteiger partial charge in [-0.2, -0.15) is 0 Å². The molecule has 0 amide bonds. The Morgan fingerprint density at radius 2 is 2.05 bits per heavy atom. The van der Waals surface area contributed by atoms with Crippen molar-refractivity contribution >= 4 is 6.08 Å². The van der Waals surface area contributed by atoms with Gasteiger partial charge in [0.1, 0.15) is 0 Å². The highest BCUT2D eigenvalue weighted by molar-refractivity contribution is 5.52. The zero-order chi connectivity index (χ0) is 15.1. The lowest BCUT2D eigenvalue weighted by molar-refractivity contribution is 0.503. The number of nitrogens with one attached hydrogen (secondary N) is 1. The Hall–Kier alpha value is -1.87. The molecule has 21 heavy (non-hydrogen) atoms. The van der Waals surface area contributed by atoms with Crippen LogP contribution in [-0.2, 0) is 13.1 Å². The Labute approximate surface area is 127 Å². The molecule has 2 aromatic rings. The van der Waals surface area contributed by atoms with E-state index in [0.29, 0.717) is 5.92 Å². The average molecular weight is 283 g/mol. The Morgan fingerprint density at radius 1 is 1.29 bits per heavy atom. The molecule has 1 aromatic carbocycles. The second kappa shape index (κ2) is 7.79. The quantitative estimate of drug-likeness (QED) is 0.839. The van der Waals surface area contributed by atoms with E-state index in [9.17, 15) is 0 Å². The summed E-state index contributed by atoms with van der Waals surface area (Å²) in [5, 5.41) is 3.49. The molecule has 2 rings (SSSR count). The molecule has 0 unspecified atom stereocenters. The van der Waals surface area contributed by atoms with Gasteiger partial charge in [0.15, 0.2) is 0 Å². The molecule has 0 spiro atoms. The molecule has 0 saturated carbocycles. The van der Waals surface area contributed by atoms with Crippen molar-refractivity contribution in [1.29, 1.82) is 0 Å². The summed E-state index contributed by atoms with van der Waals surface area (Å²) in [4.78, 5) is 4.25. The van der Waals surface area contributed by atoms with E-state index in [2.05, 4.69) is 66.0 Å². The molecule has 1 aromatic heterocycles. The van der Waals surface area contributed by atoms with Crippen LogP contribution in [0.15, 0.2) is 48.4 Å². The van der Waals surface area contributed by atoms with Crippen molar-refractivity contribution < 1.29 is 0 Å². The van der Waals surface area contributed by atoms with Gasteiger partial charge in [0.2, 0.25) is 0 Å². The van der Waals surface area contributed by atoms with Crippen molar-refractivity contribution in [3.8, 4) is 0 Å². The average Bonchev–Trinajstić information content (AvgIpc) is 2.86. The molecule has 0 aliphatic carbocycles. The van der Waals surface area contributed by atoms with Gasteiger partial charge in [0.25, 0.3) is 0 Å². The lowest BCUT2D eigenvalue weighted by Gasteiger charge is -2.11. The number of aromatic nitrogens is 2. The van der Waals surface area contributed by atoms with Crippen LogP contribution in [0.5, 0.6) is 0 Å². The zero-order valence-electron chi connectivity index (χ0n) is 13.2. The molecule has 3 heteroatoms. The van der Waals surface area contributed by atoms with Gasteiger partial charge in [-0.05, 0) is 18.4 Å². The number of hydrogen-bond donors (Lipinski definition) is 1. The van der Waals surface area contributed by atoms with E-state index in [1.807, 2.05) is 18.6 Å². The van der Waals surface area contributed by atoms with Gasteiger partial charge in [-0.15, -0.1) is 0 Å². The van der Waals surface area contributed by atoms with Gasteiger partial charge >= 0.3 is 0 Å². The van der Waals surface area contributed by atoms with Crippen LogP contribution < -0.4 is 5.32 Å². The summed E-state index contributed by atoms with van der Waals surface area (Å²) in [7, 11) is 0. The summed E-state index contributed by atoms with van der Waals surface area (Å²) in [6.45, 7) is 9.38. The maximum atomic E-state index is 4.25. The third-order valence-corrected chi connectivity index (χ3v) is 3.28. The molecular weight excluding hydrogens is 258 g/mol. The Bertz CT molecular complexity index is 567. The molecule has 0 fully saturated rings.